The maximum absolute atomic E-state index is 12.0. The van der Waals surface area contributed by atoms with Gasteiger partial charge in [-0.2, -0.15) is 0 Å². The van der Waals surface area contributed by atoms with Crippen LogP contribution in [0.2, 0.25) is 0 Å². The number of hydrogen-bond acceptors (Lipinski definition) is 3. The van der Waals surface area contributed by atoms with Crippen LogP contribution in [0, 0.1) is 6.07 Å². The molecule has 0 fully saturated rings. The van der Waals surface area contributed by atoms with Gasteiger partial charge in [-0.3, -0.25) is 4.72 Å². The Morgan fingerprint density at radius 2 is 1.76 bits per heavy atom. The Balaban J connectivity index is 2.18. The van der Waals surface area contributed by atoms with Crippen LogP contribution in [0.5, 0.6) is 5.75 Å². The number of anilines is 1. The maximum Gasteiger partial charge on any atom is 0.573 e. The van der Waals surface area contributed by atoms with Crippen molar-refractivity contribution >= 4 is 15.7 Å². The molecule has 0 spiro atoms. The predicted octanol–water partition coefficient (Wildman–Crippen LogP) is 3.19. The highest BCUT2D eigenvalue weighted by Gasteiger charge is 2.31. The standard InChI is InChI=1S/C13H9F3NO3S/c14-13(15,16)20-11-6-8-12(9-7-11)21(18,19)17-10-4-2-1-3-5-10/h1-2,4-9,17H. The Morgan fingerprint density at radius 1 is 1.10 bits per heavy atom. The summed E-state index contributed by atoms with van der Waals surface area (Å²) in [6, 6.07) is 12.8. The molecule has 8 heteroatoms. The van der Waals surface area contributed by atoms with Gasteiger partial charge in [-0.25, -0.2) is 8.42 Å². The monoisotopic (exact) mass is 316 g/mol. The summed E-state index contributed by atoms with van der Waals surface area (Å²) in [5, 5.41) is 0. The number of sulfonamides is 1. The van der Waals surface area contributed by atoms with Crippen molar-refractivity contribution in [3.8, 4) is 5.75 Å². The normalized spacial score (nSPS) is 12.0. The molecule has 2 aromatic rings. The number of alkyl halides is 3. The molecule has 0 bridgehead atoms. The third kappa shape index (κ3) is 4.38. The van der Waals surface area contributed by atoms with Crippen LogP contribution in [-0.4, -0.2) is 14.8 Å². The van der Waals surface area contributed by atoms with Gasteiger partial charge in [0.15, 0.2) is 0 Å². The van der Waals surface area contributed by atoms with Crippen molar-refractivity contribution in [2.45, 2.75) is 11.3 Å². The molecule has 2 aromatic carbocycles. The van der Waals surface area contributed by atoms with Crippen molar-refractivity contribution in [2.75, 3.05) is 4.72 Å². The number of halogens is 3. The first kappa shape index (κ1) is 15.2. The van der Waals surface area contributed by atoms with E-state index in [0.29, 0.717) is 5.69 Å². The predicted molar refractivity (Wildman–Crippen MR) is 69.2 cm³/mol. The van der Waals surface area contributed by atoms with Crippen molar-refractivity contribution < 1.29 is 26.3 Å². The Morgan fingerprint density at radius 3 is 2.29 bits per heavy atom. The van der Waals surface area contributed by atoms with Gasteiger partial charge in [0.1, 0.15) is 5.75 Å². The van der Waals surface area contributed by atoms with Crippen molar-refractivity contribution in [3.63, 3.8) is 0 Å². The van der Waals surface area contributed by atoms with Gasteiger partial charge in [-0.15, -0.1) is 13.2 Å². The number of ether oxygens (including phenoxy) is 1. The van der Waals surface area contributed by atoms with E-state index in [1.165, 1.54) is 12.1 Å². The first-order chi connectivity index (χ1) is 9.76. The number of nitrogens with one attached hydrogen (secondary N) is 1. The Bertz CT molecular complexity index is 698. The molecule has 111 valence electrons. The lowest BCUT2D eigenvalue weighted by atomic mass is 10.3. The van der Waals surface area contributed by atoms with Crippen molar-refractivity contribution in [3.05, 3.63) is 54.6 Å². The summed E-state index contributed by atoms with van der Waals surface area (Å²) in [4.78, 5) is -0.180. The minimum Gasteiger partial charge on any atom is -0.406 e. The molecule has 1 radical (unpaired) electrons. The first-order valence-electron chi connectivity index (χ1n) is 5.61. The Labute approximate surface area is 119 Å². The Kier molecular flexibility index (Phi) is 4.08. The number of rotatable bonds is 4. The van der Waals surface area contributed by atoms with E-state index in [1.54, 1.807) is 12.1 Å². The molecule has 0 unspecified atom stereocenters. The van der Waals surface area contributed by atoms with Gasteiger partial charge in [0.05, 0.1) is 4.90 Å². The van der Waals surface area contributed by atoms with E-state index in [-0.39, 0.29) is 4.90 Å². The molecule has 0 saturated carbocycles. The van der Waals surface area contributed by atoms with Crippen molar-refractivity contribution in [1.82, 2.24) is 0 Å². The molecular formula is C13H9F3NO3S. The third-order valence-electron chi connectivity index (χ3n) is 2.33. The van der Waals surface area contributed by atoms with Crippen LogP contribution in [0.25, 0.3) is 0 Å². The van der Waals surface area contributed by atoms with Gasteiger partial charge in [-0.1, -0.05) is 12.1 Å². The molecular weight excluding hydrogens is 307 g/mol. The third-order valence-corrected chi connectivity index (χ3v) is 3.72. The van der Waals surface area contributed by atoms with Gasteiger partial charge >= 0.3 is 6.36 Å². The van der Waals surface area contributed by atoms with Crippen LogP contribution in [-0.2, 0) is 10.0 Å². The second-order valence-electron chi connectivity index (χ2n) is 3.92. The summed E-state index contributed by atoms with van der Waals surface area (Å²) in [7, 11) is -3.88. The number of benzene rings is 2. The zero-order valence-corrected chi connectivity index (χ0v) is 11.2. The smallest absolute Gasteiger partial charge is 0.406 e. The molecule has 21 heavy (non-hydrogen) atoms. The van der Waals surface area contributed by atoms with E-state index < -0.39 is 22.1 Å². The molecule has 0 aromatic heterocycles. The van der Waals surface area contributed by atoms with Crippen molar-refractivity contribution in [1.29, 1.82) is 0 Å². The molecule has 0 saturated heterocycles. The largest absolute Gasteiger partial charge is 0.573 e. The van der Waals surface area contributed by atoms with Gasteiger partial charge in [0, 0.05) is 5.69 Å². The molecule has 1 N–H and O–H groups in total. The fourth-order valence-corrected chi connectivity index (χ4v) is 2.54. The lowest BCUT2D eigenvalue weighted by Gasteiger charge is -2.10. The van der Waals surface area contributed by atoms with Crippen LogP contribution >= 0.6 is 0 Å². The van der Waals surface area contributed by atoms with E-state index in [4.69, 9.17) is 0 Å². The minimum absolute atomic E-state index is 0.180. The maximum atomic E-state index is 12.0. The summed E-state index contributed by atoms with van der Waals surface area (Å²) in [6.07, 6.45) is -4.82. The highest BCUT2D eigenvalue weighted by Crippen LogP contribution is 2.24. The average molecular weight is 316 g/mol. The fraction of sp³-hybridized carbons (Fsp3) is 0.0769. The lowest BCUT2D eigenvalue weighted by molar-refractivity contribution is -0.274. The van der Waals surface area contributed by atoms with Crippen LogP contribution in [0.1, 0.15) is 0 Å². The van der Waals surface area contributed by atoms with Crippen LogP contribution in [0.3, 0.4) is 0 Å². The van der Waals surface area contributed by atoms with E-state index in [9.17, 15) is 21.6 Å². The highest BCUT2D eigenvalue weighted by molar-refractivity contribution is 7.92. The molecule has 4 nitrogen and oxygen atoms in total. The minimum atomic E-state index is -4.82. The zero-order valence-electron chi connectivity index (χ0n) is 10.4. The highest BCUT2D eigenvalue weighted by atomic mass is 32.2. The molecule has 0 aliphatic rings. The second-order valence-corrected chi connectivity index (χ2v) is 5.60. The van der Waals surface area contributed by atoms with Crippen LogP contribution in [0.4, 0.5) is 18.9 Å². The Hall–Kier alpha value is -2.22. The zero-order chi connectivity index (χ0) is 15.5. The summed E-state index contributed by atoms with van der Waals surface area (Å²) in [6.45, 7) is 0. The second kappa shape index (κ2) is 5.65. The molecule has 0 amide bonds. The number of hydrogen-bond donors (Lipinski definition) is 1. The average Bonchev–Trinajstić information content (AvgIpc) is 2.38. The van der Waals surface area contributed by atoms with Gasteiger partial charge < -0.3 is 4.74 Å². The molecule has 0 aliphatic carbocycles. The fourth-order valence-electron chi connectivity index (χ4n) is 1.49. The van der Waals surface area contributed by atoms with Gasteiger partial charge in [0.25, 0.3) is 10.0 Å². The quantitative estimate of drug-likeness (QED) is 0.942. The summed E-state index contributed by atoms with van der Waals surface area (Å²) in [5.41, 5.74) is 0.299. The molecule has 0 aliphatic heterocycles. The molecule has 2 rings (SSSR count). The molecule has 0 atom stereocenters. The first-order valence-corrected chi connectivity index (χ1v) is 7.09. The SMILES string of the molecule is O=S(=O)(Nc1c[c]ccc1)c1ccc(OC(F)(F)F)cc1. The summed E-state index contributed by atoms with van der Waals surface area (Å²) in [5.74, 6) is -0.491. The van der Waals surface area contributed by atoms with E-state index in [1.807, 2.05) is 0 Å². The topological polar surface area (TPSA) is 55.4 Å². The van der Waals surface area contributed by atoms with Crippen molar-refractivity contribution in [2.24, 2.45) is 0 Å². The molecule has 0 heterocycles. The van der Waals surface area contributed by atoms with Gasteiger partial charge in [0.2, 0.25) is 0 Å². The summed E-state index contributed by atoms with van der Waals surface area (Å²) >= 11 is 0. The van der Waals surface area contributed by atoms with Crippen LogP contribution < -0.4 is 9.46 Å². The van der Waals surface area contributed by atoms with E-state index in [0.717, 1.165) is 24.3 Å². The lowest BCUT2D eigenvalue weighted by Crippen LogP contribution is -2.17. The van der Waals surface area contributed by atoms with E-state index >= 15 is 0 Å². The van der Waals surface area contributed by atoms with E-state index in [2.05, 4.69) is 15.5 Å². The van der Waals surface area contributed by atoms with Crippen LogP contribution in [0.15, 0.2) is 53.4 Å². The summed E-state index contributed by atoms with van der Waals surface area (Å²) < 4.78 is 66.0. The van der Waals surface area contributed by atoms with Gasteiger partial charge in [-0.05, 0) is 42.5 Å².